The molecule has 1 aromatic carbocycles. The third kappa shape index (κ3) is 2.50. The molecule has 0 amide bonds. The summed E-state index contributed by atoms with van der Waals surface area (Å²) in [4.78, 5) is 0. The molecule has 2 heteroatoms. The van der Waals surface area contributed by atoms with Gasteiger partial charge in [-0.05, 0) is 18.6 Å². The molecule has 9 heavy (non-hydrogen) atoms. The Morgan fingerprint density at radius 2 is 1.78 bits per heavy atom. The van der Waals surface area contributed by atoms with E-state index < -0.39 is 0 Å². The Kier molecular flexibility index (Phi) is 4.15. The highest BCUT2D eigenvalue weighted by Crippen LogP contribution is 2.13. The first-order valence-corrected chi connectivity index (χ1v) is 3.31. The fraction of sp³-hybridized carbons (Fsp3) is 0.143. The second-order valence-electron chi connectivity index (χ2n) is 1.75. The molecule has 0 unspecified atom stereocenters. The average molecular weight is 252 g/mol. The van der Waals surface area contributed by atoms with E-state index in [1.807, 2.05) is 18.2 Å². The zero-order valence-electron chi connectivity index (χ0n) is 5.10. The van der Waals surface area contributed by atoms with Crippen LogP contribution >= 0.6 is 32.9 Å². The number of hydrogen-bond acceptors (Lipinski definition) is 0. The van der Waals surface area contributed by atoms with Crippen LogP contribution in [-0.2, 0) is 0 Å². The first kappa shape index (κ1) is 9.18. The van der Waals surface area contributed by atoms with Crippen LogP contribution in [0.3, 0.4) is 0 Å². The molecule has 0 aliphatic carbocycles. The van der Waals surface area contributed by atoms with Crippen LogP contribution in [0, 0.1) is 6.92 Å². The van der Waals surface area contributed by atoms with E-state index in [1.54, 1.807) is 0 Å². The molecule has 1 aromatic rings. The van der Waals surface area contributed by atoms with Crippen molar-refractivity contribution in [1.82, 2.24) is 0 Å². The van der Waals surface area contributed by atoms with Gasteiger partial charge < -0.3 is 0 Å². The van der Waals surface area contributed by atoms with E-state index in [4.69, 9.17) is 0 Å². The number of rotatable bonds is 0. The van der Waals surface area contributed by atoms with Gasteiger partial charge in [0.1, 0.15) is 0 Å². The van der Waals surface area contributed by atoms with E-state index >= 15 is 0 Å². The molecule has 50 valence electrons. The lowest BCUT2D eigenvalue weighted by Gasteiger charge is -1.91. The van der Waals surface area contributed by atoms with Crippen molar-refractivity contribution in [2.45, 2.75) is 6.92 Å². The fourth-order valence-electron chi connectivity index (χ4n) is 0.551. The van der Waals surface area contributed by atoms with Crippen molar-refractivity contribution < 1.29 is 0 Å². The number of halogens is 2. The van der Waals surface area contributed by atoms with Crippen LogP contribution in [0.2, 0.25) is 0 Å². The minimum Gasteiger partial charge on any atom is -0.114 e. The molecule has 0 saturated carbocycles. The van der Waals surface area contributed by atoms with Crippen molar-refractivity contribution in [1.29, 1.82) is 0 Å². The van der Waals surface area contributed by atoms with E-state index in [1.165, 1.54) is 10.0 Å². The summed E-state index contributed by atoms with van der Waals surface area (Å²) in [5.74, 6) is 0. The Hall–Kier alpha value is 0.180. The van der Waals surface area contributed by atoms with Crippen LogP contribution in [-0.4, -0.2) is 0 Å². The molecule has 0 fully saturated rings. The predicted molar refractivity (Wildman–Crippen MR) is 49.2 cm³/mol. The lowest BCUT2D eigenvalue weighted by molar-refractivity contribution is 1.43. The highest BCUT2D eigenvalue weighted by molar-refractivity contribution is 9.10. The maximum absolute atomic E-state index is 3.40. The SMILES string of the molecule is Br.Cc1ccccc1Br. The maximum Gasteiger partial charge on any atom is 0.0204 e. The first-order chi connectivity index (χ1) is 3.80. The molecule has 0 bridgehead atoms. The van der Waals surface area contributed by atoms with Crippen LogP contribution in [0.25, 0.3) is 0 Å². The van der Waals surface area contributed by atoms with Gasteiger partial charge in [0.2, 0.25) is 0 Å². The van der Waals surface area contributed by atoms with E-state index in [0.29, 0.717) is 0 Å². The fourth-order valence-corrected chi connectivity index (χ4v) is 0.836. The van der Waals surface area contributed by atoms with Crippen LogP contribution in [0.1, 0.15) is 5.56 Å². The van der Waals surface area contributed by atoms with Crippen LogP contribution in [0.5, 0.6) is 0 Å². The molecular weight excluding hydrogens is 244 g/mol. The molecule has 0 saturated heterocycles. The molecule has 0 N–H and O–H groups in total. The zero-order valence-corrected chi connectivity index (χ0v) is 8.39. The molecule has 0 aromatic heterocycles. The minimum absolute atomic E-state index is 0. The second kappa shape index (κ2) is 4.07. The summed E-state index contributed by atoms with van der Waals surface area (Å²) in [6.45, 7) is 2.07. The third-order valence-corrected chi connectivity index (χ3v) is 1.97. The van der Waals surface area contributed by atoms with Crippen LogP contribution in [0.15, 0.2) is 28.7 Å². The van der Waals surface area contributed by atoms with Crippen molar-refractivity contribution in [3.8, 4) is 0 Å². The molecule has 0 spiro atoms. The van der Waals surface area contributed by atoms with Gasteiger partial charge in [-0.25, -0.2) is 0 Å². The normalized spacial score (nSPS) is 8.22. The van der Waals surface area contributed by atoms with Gasteiger partial charge in [0.05, 0.1) is 0 Å². The smallest absolute Gasteiger partial charge is 0.0204 e. The molecule has 0 radical (unpaired) electrons. The maximum atomic E-state index is 3.40. The summed E-state index contributed by atoms with van der Waals surface area (Å²) in [6.07, 6.45) is 0. The van der Waals surface area contributed by atoms with E-state index in [9.17, 15) is 0 Å². The lowest BCUT2D eigenvalue weighted by Crippen LogP contribution is -1.69. The number of aryl methyl sites for hydroxylation is 1. The number of hydrogen-bond donors (Lipinski definition) is 0. The Balaban J connectivity index is 0.000000640. The monoisotopic (exact) mass is 250 g/mol. The van der Waals surface area contributed by atoms with Gasteiger partial charge in [0.15, 0.2) is 0 Å². The number of benzene rings is 1. The zero-order chi connectivity index (χ0) is 5.98. The lowest BCUT2D eigenvalue weighted by atomic mass is 10.2. The summed E-state index contributed by atoms with van der Waals surface area (Å²) in [5, 5.41) is 0. The van der Waals surface area contributed by atoms with E-state index in [2.05, 4.69) is 28.9 Å². The second-order valence-corrected chi connectivity index (χ2v) is 2.60. The Bertz CT molecular complexity index is 163. The molecule has 0 aliphatic rings. The Labute approximate surface area is 74.2 Å². The summed E-state index contributed by atoms with van der Waals surface area (Å²) in [7, 11) is 0. The average Bonchev–Trinajstić information content (AvgIpc) is 1.77. The Morgan fingerprint density at radius 1 is 1.22 bits per heavy atom. The van der Waals surface area contributed by atoms with Crippen LogP contribution < -0.4 is 0 Å². The molecular formula is C7H8Br2. The molecule has 1 rings (SSSR count). The highest BCUT2D eigenvalue weighted by atomic mass is 79.9. The molecule has 0 nitrogen and oxygen atoms in total. The molecule has 0 heterocycles. The van der Waals surface area contributed by atoms with Crippen molar-refractivity contribution in [3.63, 3.8) is 0 Å². The van der Waals surface area contributed by atoms with Gasteiger partial charge in [-0.2, -0.15) is 0 Å². The van der Waals surface area contributed by atoms with Crippen LogP contribution in [0.4, 0.5) is 0 Å². The largest absolute Gasteiger partial charge is 0.114 e. The van der Waals surface area contributed by atoms with Gasteiger partial charge in [0.25, 0.3) is 0 Å². The Morgan fingerprint density at radius 3 is 2.11 bits per heavy atom. The van der Waals surface area contributed by atoms with Crippen molar-refractivity contribution in [3.05, 3.63) is 34.3 Å². The first-order valence-electron chi connectivity index (χ1n) is 2.52. The summed E-state index contributed by atoms with van der Waals surface area (Å²) in [5.41, 5.74) is 1.28. The topological polar surface area (TPSA) is 0 Å². The van der Waals surface area contributed by atoms with E-state index in [-0.39, 0.29) is 17.0 Å². The van der Waals surface area contributed by atoms with Gasteiger partial charge in [-0.3, -0.25) is 0 Å². The quantitative estimate of drug-likeness (QED) is 0.664. The summed E-state index contributed by atoms with van der Waals surface area (Å²) >= 11 is 3.40. The predicted octanol–water partition coefficient (Wildman–Crippen LogP) is 3.34. The minimum atomic E-state index is 0. The van der Waals surface area contributed by atoms with Crippen molar-refractivity contribution in [2.75, 3.05) is 0 Å². The summed E-state index contributed by atoms with van der Waals surface area (Å²) in [6, 6.07) is 8.15. The molecule has 0 atom stereocenters. The van der Waals surface area contributed by atoms with Gasteiger partial charge in [-0.1, -0.05) is 34.1 Å². The summed E-state index contributed by atoms with van der Waals surface area (Å²) < 4.78 is 1.18. The third-order valence-electron chi connectivity index (χ3n) is 1.08. The van der Waals surface area contributed by atoms with Crippen molar-refractivity contribution >= 4 is 32.9 Å². The highest BCUT2D eigenvalue weighted by Gasteiger charge is 1.85. The van der Waals surface area contributed by atoms with Gasteiger partial charge in [-0.15, -0.1) is 17.0 Å². The van der Waals surface area contributed by atoms with Gasteiger partial charge in [0, 0.05) is 4.47 Å². The van der Waals surface area contributed by atoms with E-state index in [0.717, 1.165) is 0 Å². The van der Waals surface area contributed by atoms with Gasteiger partial charge >= 0.3 is 0 Å². The molecule has 0 aliphatic heterocycles. The standard InChI is InChI=1S/C7H7Br.BrH/c1-6-4-2-3-5-7(6)8;/h2-5H,1H3;1H. The van der Waals surface area contributed by atoms with Crippen molar-refractivity contribution in [2.24, 2.45) is 0 Å².